The summed E-state index contributed by atoms with van der Waals surface area (Å²) in [5, 5.41) is 1.29. The largest absolute Gasteiger partial charge is 0.420 e. The van der Waals surface area contributed by atoms with Gasteiger partial charge in [-0.15, -0.1) is 0 Å². The molecule has 0 unspecified atom stereocenters. The lowest BCUT2D eigenvalue weighted by Gasteiger charge is -2.13. The van der Waals surface area contributed by atoms with Gasteiger partial charge in [0.1, 0.15) is 5.75 Å². The van der Waals surface area contributed by atoms with Crippen molar-refractivity contribution < 1.29 is 9.53 Å². The number of pyridine rings is 2. The fraction of sp³-hybridized carbons (Fsp3) is 0. The zero-order valence-corrected chi connectivity index (χ0v) is 17.9. The number of anilines is 1. The van der Waals surface area contributed by atoms with Gasteiger partial charge in [-0.3, -0.25) is 9.97 Å². The predicted molar refractivity (Wildman–Crippen MR) is 127 cm³/mol. The summed E-state index contributed by atoms with van der Waals surface area (Å²) in [7, 11) is 0. The van der Waals surface area contributed by atoms with E-state index in [1.54, 1.807) is 30.6 Å². The standard InChI is InChI=1S/C25H16ClN5O2/c26-19-13-17(12-16-8-4-11-29-20(16)19)22-21(15-6-2-1-3-7-15)31-24(27)23(30-22)25(32)33-18-9-5-10-28-14-18/h1-14H,(H2,27,31). The van der Waals surface area contributed by atoms with Crippen molar-refractivity contribution in [2.24, 2.45) is 0 Å². The van der Waals surface area contributed by atoms with Crippen LogP contribution < -0.4 is 10.5 Å². The SMILES string of the molecule is Nc1nc(-c2ccccc2)c(-c2cc(Cl)c3ncccc3c2)nc1C(=O)Oc1cccnc1. The van der Waals surface area contributed by atoms with Gasteiger partial charge in [-0.25, -0.2) is 14.8 Å². The molecule has 8 heteroatoms. The number of nitrogens with zero attached hydrogens (tertiary/aromatic N) is 4. The van der Waals surface area contributed by atoms with Crippen LogP contribution in [0, 0.1) is 0 Å². The molecule has 5 aromatic rings. The first-order valence-corrected chi connectivity index (χ1v) is 10.4. The van der Waals surface area contributed by atoms with Gasteiger partial charge < -0.3 is 10.5 Å². The third-order valence-electron chi connectivity index (χ3n) is 4.94. The van der Waals surface area contributed by atoms with E-state index in [2.05, 4.69) is 19.9 Å². The van der Waals surface area contributed by atoms with E-state index in [1.807, 2.05) is 48.5 Å². The van der Waals surface area contributed by atoms with E-state index in [9.17, 15) is 4.79 Å². The Labute approximate surface area is 193 Å². The van der Waals surface area contributed by atoms with E-state index in [4.69, 9.17) is 22.1 Å². The van der Waals surface area contributed by atoms with Crippen molar-refractivity contribution in [3.8, 4) is 28.3 Å². The second kappa shape index (κ2) is 8.64. The molecule has 3 heterocycles. The van der Waals surface area contributed by atoms with Gasteiger partial charge >= 0.3 is 5.97 Å². The number of rotatable bonds is 4. The molecule has 160 valence electrons. The molecular formula is C25H16ClN5O2. The van der Waals surface area contributed by atoms with Gasteiger partial charge in [-0.1, -0.05) is 48.0 Å². The summed E-state index contributed by atoms with van der Waals surface area (Å²) in [6.45, 7) is 0. The van der Waals surface area contributed by atoms with E-state index < -0.39 is 5.97 Å². The van der Waals surface area contributed by atoms with Crippen molar-refractivity contribution in [3.63, 3.8) is 0 Å². The topological polar surface area (TPSA) is 104 Å². The summed E-state index contributed by atoms with van der Waals surface area (Å²) in [5.41, 5.74) is 9.15. The quantitative estimate of drug-likeness (QED) is 0.372. The zero-order chi connectivity index (χ0) is 22.8. The number of ether oxygens (including phenoxy) is 1. The van der Waals surface area contributed by atoms with Gasteiger partial charge in [-0.05, 0) is 30.3 Å². The van der Waals surface area contributed by atoms with Crippen molar-refractivity contribution in [2.45, 2.75) is 0 Å². The number of benzene rings is 2. The third kappa shape index (κ3) is 4.09. The number of esters is 1. The van der Waals surface area contributed by atoms with Crippen LogP contribution in [0.25, 0.3) is 33.4 Å². The monoisotopic (exact) mass is 453 g/mol. The molecule has 0 aliphatic carbocycles. The summed E-state index contributed by atoms with van der Waals surface area (Å²) in [5.74, 6) is -0.500. The minimum absolute atomic E-state index is 0.0416. The van der Waals surface area contributed by atoms with Gasteiger partial charge in [0.25, 0.3) is 0 Å². The molecule has 7 nitrogen and oxygen atoms in total. The Bertz CT molecular complexity index is 1480. The number of fused-ring (bicyclic) bond motifs is 1. The molecule has 5 rings (SSSR count). The first-order valence-electron chi connectivity index (χ1n) is 10.00. The predicted octanol–water partition coefficient (Wildman–Crippen LogP) is 5.21. The number of nitrogens with two attached hydrogens (primary N) is 1. The molecule has 2 aromatic carbocycles. The maximum absolute atomic E-state index is 12.9. The Morgan fingerprint density at radius 1 is 0.879 bits per heavy atom. The fourth-order valence-electron chi connectivity index (χ4n) is 3.44. The van der Waals surface area contributed by atoms with Crippen molar-refractivity contribution in [1.82, 2.24) is 19.9 Å². The second-order valence-electron chi connectivity index (χ2n) is 7.13. The molecule has 0 bridgehead atoms. The number of carbonyl (C=O) groups excluding carboxylic acids is 1. The van der Waals surface area contributed by atoms with Crippen LogP contribution in [0.4, 0.5) is 5.82 Å². The van der Waals surface area contributed by atoms with Crippen molar-refractivity contribution in [2.75, 3.05) is 5.73 Å². The lowest BCUT2D eigenvalue weighted by Crippen LogP contribution is -2.16. The molecule has 0 atom stereocenters. The van der Waals surface area contributed by atoms with Crippen LogP contribution in [0.15, 0.2) is 85.3 Å². The molecule has 0 aliphatic heterocycles. The molecule has 3 aromatic heterocycles. The number of nitrogen functional groups attached to an aromatic ring is 1. The molecule has 0 spiro atoms. The Morgan fingerprint density at radius 2 is 1.67 bits per heavy atom. The van der Waals surface area contributed by atoms with Gasteiger partial charge in [0.15, 0.2) is 11.5 Å². The lowest BCUT2D eigenvalue weighted by atomic mass is 10.0. The maximum atomic E-state index is 12.9. The number of carbonyl (C=O) groups is 1. The van der Waals surface area contributed by atoms with Crippen LogP contribution in [0.2, 0.25) is 5.02 Å². The molecule has 0 saturated heterocycles. The number of halogens is 1. The zero-order valence-electron chi connectivity index (χ0n) is 17.1. The highest BCUT2D eigenvalue weighted by Crippen LogP contribution is 2.35. The average molecular weight is 454 g/mol. The maximum Gasteiger partial charge on any atom is 0.366 e. The highest BCUT2D eigenvalue weighted by atomic mass is 35.5. The van der Waals surface area contributed by atoms with E-state index in [1.165, 1.54) is 6.20 Å². The molecule has 0 amide bonds. The van der Waals surface area contributed by atoms with Crippen LogP contribution in [-0.4, -0.2) is 25.9 Å². The van der Waals surface area contributed by atoms with Crippen LogP contribution in [0.1, 0.15) is 10.5 Å². The van der Waals surface area contributed by atoms with Crippen molar-refractivity contribution in [1.29, 1.82) is 0 Å². The summed E-state index contributed by atoms with van der Waals surface area (Å²) in [6.07, 6.45) is 4.69. The Kier molecular flexibility index (Phi) is 5.38. The molecule has 33 heavy (non-hydrogen) atoms. The molecule has 0 saturated carbocycles. The second-order valence-corrected chi connectivity index (χ2v) is 7.54. The van der Waals surface area contributed by atoms with Crippen molar-refractivity contribution >= 4 is 34.3 Å². The van der Waals surface area contributed by atoms with Gasteiger partial charge in [0, 0.05) is 28.9 Å². The first kappa shape index (κ1) is 20.5. The molecule has 0 aliphatic rings. The van der Waals surface area contributed by atoms with Gasteiger partial charge in [-0.2, -0.15) is 0 Å². The minimum atomic E-state index is -0.734. The average Bonchev–Trinajstić information content (AvgIpc) is 2.85. The fourth-order valence-corrected chi connectivity index (χ4v) is 3.72. The minimum Gasteiger partial charge on any atom is -0.420 e. The Morgan fingerprint density at radius 3 is 2.45 bits per heavy atom. The van der Waals surface area contributed by atoms with Crippen LogP contribution in [0.3, 0.4) is 0 Å². The first-order chi connectivity index (χ1) is 16.1. The molecule has 0 fully saturated rings. The van der Waals surface area contributed by atoms with Crippen LogP contribution in [0.5, 0.6) is 5.75 Å². The number of hydrogen-bond donors (Lipinski definition) is 1. The third-order valence-corrected chi connectivity index (χ3v) is 5.23. The van der Waals surface area contributed by atoms with Crippen LogP contribution in [-0.2, 0) is 0 Å². The normalized spacial score (nSPS) is 10.8. The summed E-state index contributed by atoms with van der Waals surface area (Å²) in [6, 6.07) is 20.1. The molecular weight excluding hydrogens is 438 g/mol. The van der Waals surface area contributed by atoms with Gasteiger partial charge in [0.05, 0.1) is 28.1 Å². The summed E-state index contributed by atoms with van der Waals surface area (Å²) >= 11 is 6.52. The van der Waals surface area contributed by atoms with E-state index >= 15 is 0 Å². The highest BCUT2D eigenvalue weighted by molar-refractivity contribution is 6.35. The Hall–Kier alpha value is -4.36. The summed E-state index contributed by atoms with van der Waals surface area (Å²) < 4.78 is 5.39. The smallest absolute Gasteiger partial charge is 0.366 e. The van der Waals surface area contributed by atoms with Crippen LogP contribution >= 0.6 is 11.6 Å². The lowest BCUT2D eigenvalue weighted by molar-refractivity contribution is 0.0729. The van der Waals surface area contributed by atoms with E-state index in [0.717, 1.165) is 10.9 Å². The molecule has 2 N–H and O–H groups in total. The van der Waals surface area contributed by atoms with E-state index in [-0.39, 0.29) is 17.3 Å². The van der Waals surface area contributed by atoms with E-state index in [0.29, 0.717) is 27.5 Å². The Balaban J connectivity index is 1.69. The van der Waals surface area contributed by atoms with Crippen molar-refractivity contribution in [3.05, 3.63) is 96.0 Å². The number of hydrogen-bond acceptors (Lipinski definition) is 7. The highest BCUT2D eigenvalue weighted by Gasteiger charge is 2.22. The molecule has 0 radical (unpaired) electrons. The van der Waals surface area contributed by atoms with Gasteiger partial charge in [0.2, 0.25) is 0 Å². The number of aromatic nitrogens is 4. The summed E-state index contributed by atoms with van der Waals surface area (Å²) in [4.78, 5) is 30.3.